The Balaban J connectivity index is 1.78. The zero-order chi connectivity index (χ0) is 13.8. The molecule has 3 heterocycles. The molecular formula is C14H23NO4. The van der Waals surface area contributed by atoms with E-state index in [1.165, 1.54) is 0 Å². The molecule has 0 aromatic carbocycles. The molecule has 0 aromatic rings. The molecule has 108 valence electrons. The average Bonchev–Trinajstić information content (AvgIpc) is 2.89. The second kappa shape index (κ2) is 4.27. The first kappa shape index (κ1) is 13.5. The maximum atomic E-state index is 6.03. The molecule has 5 atom stereocenters. The Morgan fingerprint density at radius 2 is 1.74 bits per heavy atom. The van der Waals surface area contributed by atoms with Crippen molar-refractivity contribution in [1.29, 1.82) is 0 Å². The van der Waals surface area contributed by atoms with Gasteiger partial charge in [0.05, 0.1) is 18.7 Å². The van der Waals surface area contributed by atoms with Gasteiger partial charge in [0.15, 0.2) is 11.6 Å². The molecule has 1 unspecified atom stereocenters. The lowest BCUT2D eigenvalue weighted by Gasteiger charge is -2.27. The van der Waals surface area contributed by atoms with Gasteiger partial charge in [0.2, 0.25) is 0 Å². The van der Waals surface area contributed by atoms with Crippen LogP contribution in [0.1, 0.15) is 27.7 Å². The average molecular weight is 269 g/mol. The van der Waals surface area contributed by atoms with Crippen LogP contribution in [-0.2, 0) is 18.9 Å². The third kappa shape index (κ3) is 2.34. The van der Waals surface area contributed by atoms with Crippen LogP contribution in [0.2, 0.25) is 0 Å². The van der Waals surface area contributed by atoms with Crippen molar-refractivity contribution >= 4 is 0 Å². The van der Waals surface area contributed by atoms with Crippen molar-refractivity contribution in [1.82, 2.24) is 5.32 Å². The molecule has 3 saturated heterocycles. The molecule has 3 aliphatic rings. The van der Waals surface area contributed by atoms with Crippen molar-refractivity contribution in [3.63, 3.8) is 0 Å². The molecule has 0 bridgehead atoms. The Morgan fingerprint density at radius 3 is 2.32 bits per heavy atom. The van der Waals surface area contributed by atoms with Gasteiger partial charge in [0.25, 0.3) is 0 Å². The summed E-state index contributed by atoms with van der Waals surface area (Å²) >= 11 is 0. The molecule has 3 fully saturated rings. The Labute approximate surface area is 114 Å². The maximum absolute atomic E-state index is 6.03. The Hall–Kier alpha value is -0.460. The summed E-state index contributed by atoms with van der Waals surface area (Å²) in [5.74, 6) is -1.07. The quantitative estimate of drug-likeness (QED) is 0.763. The highest BCUT2D eigenvalue weighted by Crippen LogP contribution is 2.39. The number of ether oxygens (including phenoxy) is 4. The third-order valence-corrected chi connectivity index (χ3v) is 3.94. The summed E-state index contributed by atoms with van der Waals surface area (Å²) in [6.45, 7) is 12.2. The fourth-order valence-electron chi connectivity index (χ4n) is 3.20. The van der Waals surface area contributed by atoms with E-state index in [1.807, 2.05) is 33.8 Å². The van der Waals surface area contributed by atoms with E-state index in [4.69, 9.17) is 18.9 Å². The van der Waals surface area contributed by atoms with E-state index in [9.17, 15) is 0 Å². The fourth-order valence-corrected chi connectivity index (χ4v) is 3.20. The minimum atomic E-state index is -0.550. The third-order valence-electron chi connectivity index (χ3n) is 3.94. The van der Waals surface area contributed by atoms with E-state index in [-0.39, 0.29) is 30.4 Å². The smallest absolute Gasteiger partial charge is 0.163 e. The summed E-state index contributed by atoms with van der Waals surface area (Å²) < 4.78 is 23.6. The second-order valence-corrected chi connectivity index (χ2v) is 6.39. The summed E-state index contributed by atoms with van der Waals surface area (Å²) in [6, 6.07) is 0.153. The van der Waals surface area contributed by atoms with Crippen molar-refractivity contribution in [3.05, 3.63) is 12.7 Å². The standard InChI is InChI=1S/C14H23NO4/c1-6-8-11-12(19-14(4,5)18-11)10(15-8)9-7-16-13(2,3)17-9/h6,8-12,15H,1,7H2,2-5H3/t8-,9?,10+,11-,12+/m1/s1. The van der Waals surface area contributed by atoms with Gasteiger partial charge in [-0.25, -0.2) is 0 Å². The number of fused-ring (bicyclic) bond motifs is 1. The monoisotopic (exact) mass is 269 g/mol. The van der Waals surface area contributed by atoms with Gasteiger partial charge in [0.1, 0.15) is 18.3 Å². The number of hydrogen-bond acceptors (Lipinski definition) is 5. The summed E-state index contributed by atoms with van der Waals surface area (Å²) in [6.07, 6.45) is 1.82. The predicted octanol–water partition coefficient (Wildman–Crippen LogP) is 1.18. The normalized spacial score (nSPS) is 47.3. The lowest BCUT2D eigenvalue weighted by molar-refractivity contribution is -0.166. The molecule has 0 aromatic heterocycles. The molecule has 1 N–H and O–H groups in total. The highest BCUT2D eigenvalue weighted by Gasteiger charge is 2.56. The molecular weight excluding hydrogens is 246 g/mol. The predicted molar refractivity (Wildman–Crippen MR) is 69.6 cm³/mol. The second-order valence-electron chi connectivity index (χ2n) is 6.39. The van der Waals surface area contributed by atoms with Crippen LogP contribution >= 0.6 is 0 Å². The van der Waals surface area contributed by atoms with Gasteiger partial charge in [-0.05, 0) is 27.7 Å². The van der Waals surface area contributed by atoms with Crippen LogP contribution < -0.4 is 5.32 Å². The van der Waals surface area contributed by atoms with E-state index in [0.717, 1.165) is 0 Å². The molecule has 0 radical (unpaired) electrons. The summed E-state index contributed by atoms with van der Waals surface area (Å²) in [4.78, 5) is 0. The molecule has 3 rings (SSSR count). The first-order chi connectivity index (χ1) is 8.81. The van der Waals surface area contributed by atoms with E-state index < -0.39 is 11.6 Å². The van der Waals surface area contributed by atoms with Gasteiger partial charge in [0, 0.05) is 0 Å². The van der Waals surface area contributed by atoms with E-state index in [2.05, 4.69) is 11.9 Å². The summed E-state index contributed by atoms with van der Waals surface area (Å²) in [7, 11) is 0. The topological polar surface area (TPSA) is 49.0 Å². The number of rotatable bonds is 2. The first-order valence-corrected chi connectivity index (χ1v) is 6.87. The van der Waals surface area contributed by atoms with Crippen LogP contribution in [0.15, 0.2) is 12.7 Å². The van der Waals surface area contributed by atoms with Gasteiger partial charge in [-0.15, -0.1) is 6.58 Å². The minimum Gasteiger partial charge on any atom is -0.348 e. The fraction of sp³-hybridized carbons (Fsp3) is 0.857. The molecule has 3 aliphatic heterocycles. The lowest BCUT2D eigenvalue weighted by Crippen LogP contribution is -2.47. The van der Waals surface area contributed by atoms with Gasteiger partial charge in [-0.2, -0.15) is 0 Å². The van der Waals surface area contributed by atoms with Gasteiger partial charge in [-0.1, -0.05) is 6.08 Å². The molecule has 5 nitrogen and oxygen atoms in total. The van der Waals surface area contributed by atoms with E-state index in [1.54, 1.807) is 0 Å². The molecule has 0 amide bonds. The first-order valence-electron chi connectivity index (χ1n) is 6.87. The van der Waals surface area contributed by atoms with E-state index in [0.29, 0.717) is 6.61 Å². The Kier molecular flexibility index (Phi) is 3.04. The zero-order valence-corrected chi connectivity index (χ0v) is 12.0. The summed E-state index contributed by atoms with van der Waals surface area (Å²) in [5.41, 5.74) is 0. The molecule has 5 heteroatoms. The molecule has 19 heavy (non-hydrogen) atoms. The van der Waals surface area contributed by atoms with Gasteiger partial charge in [-0.3, -0.25) is 0 Å². The highest BCUT2D eigenvalue weighted by molar-refractivity contribution is 5.12. The van der Waals surface area contributed by atoms with Crippen LogP contribution in [0.3, 0.4) is 0 Å². The largest absolute Gasteiger partial charge is 0.348 e. The SMILES string of the molecule is C=C[C@H]1N[C@@H](C2COC(C)(C)O2)[C@@H]2OC(C)(C)O[C@@H]21. The van der Waals surface area contributed by atoms with Crippen molar-refractivity contribution < 1.29 is 18.9 Å². The van der Waals surface area contributed by atoms with Crippen LogP contribution in [0.25, 0.3) is 0 Å². The van der Waals surface area contributed by atoms with Crippen LogP contribution in [0.4, 0.5) is 0 Å². The maximum Gasteiger partial charge on any atom is 0.163 e. The number of nitrogens with one attached hydrogen (secondary N) is 1. The zero-order valence-electron chi connectivity index (χ0n) is 12.0. The lowest BCUT2D eigenvalue weighted by atomic mass is 10.0. The molecule has 0 spiro atoms. The van der Waals surface area contributed by atoms with E-state index >= 15 is 0 Å². The molecule has 0 saturated carbocycles. The van der Waals surface area contributed by atoms with Gasteiger partial charge >= 0.3 is 0 Å². The van der Waals surface area contributed by atoms with Crippen molar-refractivity contribution in [3.8, 4) is 0 Å². The Morgan fingerprint density at radius 1 is 1.05 bits per heavy atom. The number of hydrogen-bond donors (Lipinski definition) is 1. The highest BCUT2D eigenvalue weighted by atomic mass is 16.8. The van der Waals surface area contributed by atoms with Crippen LogP contribution in [-0.4, -0.2) is 48.6 Å². The van der Waals surface area contributed by atoms with Crippen molar-refractivity contribution in [2.75, 3.05) is 6.61 Å². The van der Waals surface area contributed by atoms with Crippen molar-refractivity contribution in [2.45, 2.75) is 69.7 Å². The van der Waals surface area contributed by atoms with Crippen LogP contribution in [0, 0.1) is 0 Å². The van der Waals surface area contributed by atoms with Gasteiger partial charge < -0.3 is 24.3 Å². The minimum absolute atomic E-state index is 0.00943. The molecule has 0 aliphatic carbocycles. The Bertz CT molecular complexity index is 382. The van der Waals surface area contributed by atoms with Crippen molar-refractivity contribution in [2.24, 2.45) is 0 Å². The van der Waals surface area contributed by atoms with Crippen LogP contribution in [0.5, 0.6) is 0 Å². The summed E-state index contributed by atoms with van der Waals surface area (Å²) in [5, 5.41) is 3.49.